The molecule has 0 radical (unpaired) electrons. The Hall–Kier alpha value is -0.120. The maximum absolute atomic E-state index is 5.99. The van der Waals surface area contributed by atoms with Crippen LogP contribution in [0, 0.1) is 5.92 Å². The summed E-state index contributed by atoms with van der Waals surface area (Å²) in [5, 5.41) is 0. The summed E-state index contributed by atoms with van der Waals surface area (Å²) in [7, 11) is 0. The number of hydrogen-bond acceptors (Lipinski definition) is 3. The van der Waals surface area contributed by atoms with Crippen LogP contribution >= 0.6 is 0 Å². The van der Waals surface area contributed by atoms with Gasteiger partial charge in [-0.1, -0.05) is 6.92 Å². The molecule has 3 nitrogen and oxygen atoms in total. The predicted molar refractivity (Wildman–Crippen MR) is 57.2 cm³/mol. The van der Waals surface area contributed by atoms with Gasteiger partial charge in [-0.3, -0.25) is 0 Å². The van der Waals surface area contributed by atoms with Crippen LogP contribution in [-0.4, -0.2) is 43.3 Å². The van der Waals surface area contributed by atoms with Gasteiger partial charge in [0.2, 0.25) is 0 Å². The normalized spacial score (nSPS) is 40.3. The van der Waals surface area contributed by atoms with Gasteiger partial charge in [-0.15, -0.1) is 0 Å². The first kappa shape index (κ1) is 10.4. The zero-order chi connectivity index (χ0) is 9.97. The Labute approximate surface area is 86.6 Å². The molecule has 0 aromatic rings. The van der Waals surface area contributed by atoms with Crippen molar-refractivity contribution in [1.82, 2.24) is 4.90 Å². The molecule has 0 saturated carbocycles. The third kappa shape index (κ3) is 2.47. The molecule has 2 saturated heterocycles. The fourth-order valence-electron chi connectivity index (χ4n) is 2.49. The summed E-state index contributed by atoms with van der Waals surface area (Å²) in [6.07, 6.45) is 4.13. The molecular weight excluding hydrogens is 176 g/mol. The zero-order valence-corrected chi connectivity index (χ0v) is 9.11. The van der Waals surface area contributed by atoms with E-state index < -0.39 is 0 Å². The van der Waals surface area contributed by atoms with Gasteiger partial charge in [0, 0.05) is 25.7 Å². The van der Waals surface area contributed by atoms with Gasteiger partial charge in [-0.2, -0.15) is 0 Å². The van der Waals surface area contributed by atoms with E-state index in [0.29, 0.717) is 18.1 Å². The van der Waals surface area contributed by atoms with E-state index >= 15 is 0 Å². The SMILES string of the molecule is C[C@@H]1CN(C[C@@H]2CCCO2)CC[C@H]1N. The third-order valence-electron chi connectivity index (χ3n) is 3.54. The fourth-order valence-corrected chi connectivity index (χ4v) is 2.49. The molecule has 2 N–H and O–H groups in total. The highest BCUT2D eigenvalue weighted by Gasteiger charge is 2.26. The summed E-state index contributed by atoms with van der Waals surface area (Å²) < 4.78 is 5.64. The molecule has 0 aromatic carbocycles. The third-order valence-corrected chi connectivity index (χ3v) is 3.54. The van der Waals surface area contributed by atoms with Crippen molar-refractivity contribution in [1.29, 1.82) is 0 Å². The lowest BCUT2D eigenvalue weighted by Crippen LogP contribution is -2.47. The topological polar surface area (TPSA) is 38.5 Å². The van der Waals surface area contributed by atoms with Crippen molar-refractivity contribution in [2.45, 2.75) is 38.3 Å². The molecule has 82 valence electrons. The molecule has 2 rings (SSSR count). The first-order valence-electron chi connectivity index (χ1n) is 5.85. The Kier molecular flexibility index (Phi) is 3.42. The predicted octanol–water partition coefficient (Wildman–Crippen LogP) is 0.835. The Morgan fingerprint density at radius 3 is 2.93 bits per heavy atom. The number of piperidine rings is 1. The van der Waals surface area contributed by atoms with Gasteiger partial charge in [-0.05, 0) is 31.7 Å². The highest BCUT2D eigenvalue weighted by Crippen LogP contribution is 2.18. The van der Waals surface area contributed by atoms with Crippen LogP contribution in [0.15, 0.2) is 0 Å². The van der Waals surface area contributed by atoms with Gasteiger partial charge < -0.3 is 15.4 Å². The lowest BCUT2D eigenvalue weighted by molar-refractivity contribution is 0.0548. The molecule has 3 atom stereocenters. The van der Waals surface area contributed by atoms with Gasteiger partial charge >= 0.3 is 0 Å². The molecule has 2 fully saturated rings. The average molecular weight is 198 g/mol. The van der Waals surface area contributed by atoms with Gasteiger partial charge in [0.15, 0.2) is 0 Å². The molecule has 2 aliphatic rings. The second-order valence-electron chi connectivity index (χ2n) is 4.82. The maximum atomic E-state index is 5.99. The molecule has 14 heavy (non-hydrogen) atoms. The largest absolute Gasteiger partial charge is 0.377 e. The van der Waals surface area contributed by atoms with Gasteiger partial charge in [0.25, 0.3) is 0 Å². The van der Waals surface area contributed by atoms with Crippen molar-refractivity contribution in [3.8, 4) is 0 Å². The van der Waals surface area contributed by atoms with Crippen LogP contribution in [0.3, 0.4) is 0 Å². The van der Waals surface area contributed by atoms with E-state index in [1.807, 2.05) is 0 Å². The van der Waals surface area contributed by atoms with Crippen LogP contribution in [0.25, 0.3) is 0 Å². The van der Waals surface area contributed by atoms with E-state index in [2.05, 4.69) is 11.8 Å². The summed E-state index contributed by atoms with van der Waals surface area (Å²) in [5.41, 5.74) is 5.99. The Morgan fingerprint density at radius 1 is 1.43 bits per heavy atom. The second-order valence-corrected chi connectivity index (χ2v) is 4.82. The maximum Gasteiger partial charge on any atom is 0.0702 e. The lowest BCUT2D eigenvalue weighted by atomic mass is 9.94. The number of rotatable bonds is 2. The minimum atomic E-state index is 0.413. The number of hydrogen-bond donors (Lipinski definition) is 1. The minimum Gasteiger partial charge on any atom is -0.377 e. The van der Waals surface area contributed by atoms with E-state index in [4.69, 9.17) is 10.5 Å². The van der Waals surface area contributed by atoms with Crippen LogP contribution in [0.5, 0.6) is 0 Å². The standard InChI is InChI=1S/C11H22N2O/c1-9-7-13(5-4-11(9)12)8-10-3-2-6-14-10/h9-11H,2-8,12H2,1H3/t9-,10+,11-/m1/s1. The molecule has 2 aliphatic heterocycles. The monoisotopic (exact) mass is 198 g/mol. The number of nitrogens with zero attached hydrogens (tertiary/aromatic N) is 1. The summed E-state index contributed by atoms with van der Waals surface area (Å²) in [5.74, 6) is 0.644. The Balaban J connectivity index is 1.75. The van der Waals surface area contributed by atoms with Crippen molar-refractivity contribution >= 4 is 0 Å². The molecule has 0 aliphatic carbocycles. The molecule has 0 amide bonds. The number of ether oxygens (including phenoxy) is 1. The average Bonchev–Trinajstić information content (AvgIpc) is 2.64. The van der Waals surface area contributed by atoms with Gasteiger partial charge in [0.05, 0.1) is 6.10 Å². The summed E-state index contributed by atoms with van der Waals surface area (Å²) in [4.78, 5) is 2.52. The van der Waals surface area contributed by atoms with Crippen molar-refractivity contribution < 1.29 is 4.74 Å². The summed E-state index contributed by atoms with van der Waals surface area (Å²) in [6, 6.07) is 0.413. The van der Waals surface area contributed by atoms with Crippen LogP contribution in [0.2, 0.25) is 0 Å². The number of nitrogens with two attached hydrogens (primary N) is 1. The summed E-state index contributed by atoms with van der Waals surface area (Å²) >= 11 is 0. The van der Waals surface area contributed by atoms with Crippen LogP contribution in [0.4, 0.5) is 0 Å². The van der Waals surface area contributed by atoms with E-state index in [0.717, 1.165) is 32.7 Å². The molecule has 0 bridgehead atoms. The van der Waals surface area contributed by atoms with Crippen LogP contribution in [-0.2, 0) is 4.74 Å². The molecular formula is C11H22N2O. The first-order chi connectivity index (χ1) is 6.75. The first-order valence-corrected chi connectivity index (χ1v) is 5.85. The smallest absolute Gasteiger partial charge is 0.0702 e. The fraction of sp³-hybridized carbons (Fsp3) is 1.00. The quantitative estimate of drug-likeness (QED) is 0.714. The van der Waals surface area contributed by atoms with Crippen molar-refractivity contribution in [2.75, 3.05) is 26.2 Å². The molecule has 0 spiro atoms. The molecule has 3 heteroatoms. The Bertz CT molecular complexity index is 180. The van der Waals surface area contributed by atoms with E-state index in [1.54, 1.807) is 0 Å². The lowest BCUT2D eigenvalue weighted by Gasteiger charge is -2.36. The number of likely N-dealkylation sites (tertiary alicyclic amines) is 1. The van der Waals surface area contributed by atoms with Crippen LogP contribution in [0.1, 0.15) is 26.2 Å². The zero-order valence-electron chi connectivity index (χ0n) is 9.11. The van der Waals surface area contributed by atoms with E-state index in [-0.39, 0.29) is 0 Å². The highest BCUT2D eigenvalue weighted by atomic mass is 16.5. The van der Waals surface area contributed by atoms with Crippen molar-refractivity contribution in [2.24, 2.45) is 11.7 Å². The van der Waals surface area contributed by atoms with Crippen molar-refractivity contribution in [3.05, 3.63) is 0 Å². The summed E-state index contributed by atoms with van der Waals surface area (Å²) in [6.45, 7) is 6.66. The minimum absolute atomic E-state index is 0.413. The highest BCUT2D eigenvalue weighted by molar-refractivity contribution is 4.82. The molecule has 2 heterocycles. The Morgan fingerprint density at radius 2 is 2.29 bits per heavy atom. The van der Waals surface area contributed by atoms with Crippen LogP contribution < -0.4 is 5.73 Å². The molecule has 0 unspecified atom stereocenters. The van der Waals surface area contributed by atoms with E-state index in [1.165, 1.54) is 12.8 Å². The van der Waals surface area contributed by atoms with Gasteiger partial charge in [0.1, 0.15) is 0 Å². The van der Waals surface area contributed by atoms with Gasteiger partial charge in [-0.25, -0.2) is 0 Å². The second kappa shape index (κ2) is 4.60. The molecule has 0 aromatic heterocycles. The van der Waals surface area contributed by atoms with E-state index in [9.17, 15) is 0 Å². The van der Waals surface area contributed by atoms with Crippen molar-refractivity contribution in [3.63, 3.8) is 0 Å².